The third-order valence-electron chi connectivity index (χ3n) is 18.4. The Morgan fingerprint density at radius 2 is 0.500 bits per heavy atom. The molecule has 0 amide bonds. The van der Waals surface area contributed by atoms with E-state index in [-0.39, 0.29) is 25.7 Å². The van der Waals surface area contributed by atoms with Crippen LogP contribution in [-0.2, 0) is 65.4 Å². The Balaban J connectivity index is 5.25. The molecule has 0 aliphatic heterocycles. The molecule has 0 radical (unpaired) electrons. The lowest BCUT2D eigenvalue weighted by molar-refractivity contribution is -0.161. The summed E-state index contributed by atoms with van der Waals surface area (Å²) in [5, 5.41) is 10.6. The summed E-state index contributed by atoms with van der Waals surface area (Å²) in [6, 6.07) is 0. The fourth-order valence-corrected chi connectivity index (χ4v) is 13.4. The van der Waals surface area contributed by atoms with Crippen LogP contribution in [-0.4, -0.2) is 96.7 Å². The first-order valence-electron chi connectivity index (χ1n) is 40.2. The van der Waals surface area contributed by atoms with Crippen molar-refractivity contribution in [2.45, 2.75) is 425 Å². The Morgan fingerprint density at radius 3 is 0.740 bits per heavy atom. The lowest BCUT2D eigenvalue weighted by Crippen LogP contribution is -2.30. The van der Waals surface area contributed by atoms with Crippen molar-refractivity contribution in [2.75, 3.05) is 39.6 Å². The van der Waals surface area contributed by atoms with E-state index in [4.69, 9.17) is 37.0 Å². The van der Waals surface area contributed by atoms with Gasteiger partial charge in [0.05, 0.1) is 26.4 Å². The van der Waals surface area contributed by atoms with Crippen molar-refractivity contribution in [3.63, 3.8) is 0 Å². The van der Waals surface area contributed by atoms with E-state index in [1.165, 1.54) is 231 Å². The molecule has 19 heteroatoms. The minimum absolute atomic E-state index is 0.108. The predicted octanol–water partition coefficient (Wildman–Crippen LogP) is 22.9. The van der Waals surface area contributed by atoms with Gasteiger partial charge in [-0.3, -0.25) is 37.3 Å². The van der Waals surface area contributed by atoms with Crippen LogP contribution < -0.4 is 0 Å². The van der Waals surface area contributed by atoms with Crippen LogP contribution in [0.3, 0.4) is 0 Å². The summed E-state index contributed by atoms with van der Waals surface area (Å²) in [4.78, 5) is 72.9. The molecule has 0 heterocycles. The van der Waals surface area contributed by atoms with Crippen LogP contribution >= 0.6 is 15.6 Å². The standard InChI is InChI=1S/C77H150O17P2/c1-6-10-13-16-19-22-25-28-29-30-31-32-33-36-43-48-53-58-63-77(82)94-73(67-88-75(80)61-56-51-46-41-38-37-39-44-49-54-59-70(5)9-4)69-92-96(85,86)90-65-71(78)64-89-95(83,84)91-68-72(93-76(81)62-57-52-47-42-35-27-24-21-18-15-12-8-3)66-87-74(79)60-55-50-45-40-34-26-23-20-17-14-11-7-2/h70-73,78H,6-69H2,1-5H3,(H,83,84)(H,85,86)/t70?,71-,72+,73+/m0/s1. The van der Waals surface area contributed by atoms with Crippen molar-refractivity contribution in [3.8, 4) is 0 Å². The van der Waals surface area contributed by atoms with Crippen molar-refractivity contribution in [3.05, 3.63) is 0 Å². The fourth-order valence-electron chi connectivity index (χ4n) is 11.8. The summed E-state index contributed by atoms with van der Waals surface area (Å²) in [6.07, 6.45) is 59.4. The number of aliphatic hydroxyl groups excluding tert-OH is 1. The molecule has 3 unspecified atom stereocenters. The van der Waals surface area contributed by atoms with E-state index in [9.17, 15) is 43.2 Å². The van der Waals surface area contributed by atoms with Crippen LogP contribution in [0.1, 0.15) is 407 Å². The van der Waals surface area contributed by atoms with E-state index in [0.29, 0.717) is 25.7 Å². The van der Waals surface area contributed by atoms with Gasteiger partial charge in [0.25, 0.3) is 0 Å². The van der Waals surface area contributed by atoms with Crippen LogP contribution in [0.4, 0.5) is 0 Å². The molecule has 0 fully saturated rings. The second kappa shape index (κ2) is 70.1. The Labute approximate surface area is 588 Å². The van der Waals surface area contributed by atoms with Gasteiger partial charge in [0, 0.05) is 25.7 Å². The summed E-state index contributed by atoms with van der Waals surface area (Å²) in [5.74, 6) is -1.30. The molecular formula is C77H150O17P2. The van der Waals surface area contributed by atoms with Crippen molar-refractivity contribution >= 4 is 39.5 Å². The number of aliphatic hydroxyl groups is 1. The molecule has 0 bridgehead atoms. The number of unbranched alkanes of at least 4 members (excludes halogenated alkanes) is 48. The number of hydrogen-bond donors (Lipinski definition) is 3. The molecule has 3 N–H and O–H groups in total. The van der Waals surface area contributed by atoms with E-state index in [0.717, 1.165) is 95.8 Å². The van der Waals surface area contributed by atoms with Crippen LogP contribution in [0.15, 0.2) is 0 Å². The summed E-state index contributed by atoms with van der Waals surface area (Å²) in [7, 11) is -9.91. The highest BCUT2D eigenvalue weighted by Gasteiger charge is 2.30. The highest BCUT2D eigenvalue weighted by molar-refractivity contribution is 7.47. The van der Waals surface area contributed by atoms with Gasteiger partial charge in [-0.05, 0) is 31.6 Å². The average molecular weight is 1410 g/mol. The van der Waals surface area contributed by atoms with E-state index < -0.39 is 97.5 Å². The number of hydrogen-bond acceptors (Lipinski definition) is 15. The number of esters is 4. The number of phosphoric ester groups is 2. The van der Waals surface area contributed by atoms with Gasteiger partial charge >= 0.3 is 39.5 Å². The molecule has 0 rings (SSSR count). The first-order valence-corrected chi connectivity index (χ1v) is 43.2. The molecule has 0 spiro atoms. The van der Waals surface area contributed by atoms with Crippen molar-refractivity contribution in [2.24, 2.45) is 5.92 Å². The van der Waals surface area contributed by atoms with Crippen LogP contribution in [0.2, 0.25) is 0 Å². The number of carbonyl (C=O) groups excluding carboxylic acids is 4. The van der Waals surface area contributed by atoms with Crippen LogP contribution in [0.5, 0.6) is 0 Å². The maximum absolute atomic E-state index is 13.1. The SMILES string of the molecule is CCCCCCCCCCCCCCCCCCCCC(=O)O[C@H](COC(=O)CCCCCCCCCCCCC(C)CC)COP(=O)(O)OC[C@@H](O)COP(=O)(O)OC[C@@H](COC(=O)CCCCCCCCCCCCCC)OC(=O)CCCCCCCCCCCCCC. The number of carbonyl (C=O) groups is 4. The monoisotopic (exact) mass is 1410 g/mol. The molecule has 0 saturated heterocycles. The van der Waals surface area contributed by atoms with Crippen molar-refractivity contribution in [1.29, 1.82) is 0 Å². The summed E-state index contributed by atoms with van der Waals surface area (Å²) >= 11 is 0. The van der Waals surface area contributed by atoms with Crippen molar-refractivity contribution in [1.82, 2.24) is 0 Å². The topological polar surface area (TPSA) is 237 Å². The van der Waals surface area contributed by atoms with Gasteiger partial charge in [0.15, 0.2) is 12.2 Å². The van der Waals surface area contributed by atoms with Gasteiger partial charge in [-0.1, -0.05) is 356 Å². The van der Waals surface area contributed by atoms with Gasteiger partial charge < -0.3 is 33.8 Å². The Bertz CT molecular complexity index is 1840. The number of rotatable bonds is 77. The molecule has 0 saturated carbocycles. The summed E-state index contributed by atoms with van der Waals surface area (Å²) in [5.41, 5.74) is 0. The van der Waals surface area contributed by atoms with E-state index in [1.54, 1.807) is 0 Å². The van der Waals surface area contributed by atoms with Crippen LogP contribution in [0, 0.1) is 5.92 Å². The molecule has 0 aromatic rings. The summed E-state index contributed by atoms with van der Waals surface area (Å²) < 4.78 is 68.6. The Kier molecular flexibility index (Phi) is 68.7. The second-order valence-corrected chi connectivity index (χ2v) is 30.9. The van der Waals surface area contributed by atoms with Gasteiger partial charge in [-0.15, -0.1) is 0 Å². The highest BCUT2D eigenvalue weighted by atomic mass is 31.2. The average Bonchev–Trinajstić information content (AvgIpc) is 1.26. The molecule has 6 atom stereocenters. The quantitative estimate of drug-likeness (QED) is 0.0222. The zero-order chi connectivity index (χ0) is 70.5. The normalized spacial score (nSPS) is 14.2. The van der Waals surface area contributed by atoms with Crippen molar-refractivity contribution < 1.29 is 80.2 Å². The number of ether oxygens (including phenoxy) is 4. The predicted molar refractivity (Wildman–Crippen MR) is 391 cm³/mol. The zero-order valence-corrected chi connectivity index (χ0v) is 64.3. The lowest BCUT2D eigenvalue weighted by Gasteiger charge is -2.21. The van der Waals surface area contributed by atoms with E-state index >= 15 is 0 Å². The first kappa shape index (κ1) is 94.1. The Hall–Kier alpha value is -1.94. The van der Waals surface area contributed by atoms with Gasteiger partial charge in [0.1, 0.15) is 19.3 Å². The second-order valence-electron chi connectivity index (χ2n) is 28.0. The molecule has 0 aromatic heterocycles. The molecule has 0 aromatic carbocycles. The Morgan fingerprint density at radius 1 is 0.292 bits per heavy atom. The zero-order valence-electron chi connectivity index (χ0n) is 62.5. The van der Waals surface area contributed by atoms with E-state index in [1.807, 2.05) is 0 Å². The molecule has 17 nitrogen and oxygen atoms in total. The largest absolute Gasteiger partial charge is 0.472 e. The van der Waals surface area contributed by atoms with Gasteiger partial charge in [-0.2, -0.15) is 0 Å². The molecule has 0 aliphatic carbocycles. The minimum atomic E-state index is -4.96. The first-order chi connectivity index (χ1) is 46.6. The fraction of sp³-hybridized carbons (Fsp3) is 0.948. The van der Waals surface area contributed by atoms with Gasteiger partial charge in [0.2, 0.25) is 0 Å². The van der Waals surface area contributed by atoms with E-state index in [2.05, 4.69) is 34.6 Å². The third-order valence-corrected chi connectivity index (χ3v) is 20.3. The summed E-state index contributed by atoms with van der Waals surface area (Å²) in [6.45, 7) is 7.33. The maximum Gasteiger partial charge on any atom is 0.472 e. The smallest absolute Gasteiger partial charge is 0.462 e. The number of phosphoric acid groups is 2. The third kappa shape index (κ3) is 69.2. The molecule has 96 heavy (non-hydrogen) atoms. The van der Waals surface area contributed by atoms with Gasteiger partial charge in [-0.25, -0.2) is 9.13 Å². The molecular weight excluding hydrogens is 1260 g/mol. The molecule has 570 valence electrons. The van der Waals surface area contributed by atoms with Crippen LogP contribution in [0.25, 0.3) is 0 Å². The minimum Gasteiger partial charge on any atom is -0.462 e. The molecule has 0 aliphatic rings. The highest BCUT2D eigenvalue weighted by Crippen LogP contribution is 2.45. The lowest BCUT2D eigenvalue weighted by atomic mass is 9.99. The maximum atomic E-state index is 13.1.